The van der Waals surface area contributed by atoms with Gasteiger partial charge in [-0.25, -0.2) is 14.4 Å². The maximum absolute atomic E-state index is 9.25. The molecule has 0 aliphatic rings. The molecule has 0 aliphatic heterocycles. The summed E-state index contributed by atoms with van der Waals surface area (Å²) in [6, 6.07) is 16.7. The lowest BCUT2D eigenvalue weighted by Gasteiger charge is -1.92. The first-order chi connectivity index (χ1) is 11.8. The number of carboxylic acids is 3. The van der Waals surface area contributed by atoms with Gasteiger partial charge in [0.1, 0.15) is 0 Å². The minimum atomic E-state index is -0.981. The van der Waals surface area contributed by atoms with Crippen molar-refractivity contribution in [3.8, 4) is 0 Å². The molecule has 2 rings (SSSR count). The van der Waals surface area contributed by atoms with Crippen molar-refractivity contribution >= 4 is 28.7 Å². The van der Waals surface area contributed by atoms with E-state index >= 15 is 0 Å². The summed E-state index contributed by atoms with van der Waals surface area (Å²) in [5.74, 6) is -2.94. The first-order valence-corrected chi connectivity index (χ1v) is 6.78. The van der Waals surface area contributed by atoms with Crippen LogP contribution >= 0.6 is 0 Å². The van der Waals surface area contributed by atoms with Gasteiger partial charge in [0, 0.05) is 18.2 Å². The summed E-state index contributed by atoms with van der Waals surface area (Å²) in [7, 11) is 0. The van der Waals surface area contributed by atoms with Gasteiger partial charge >= 0.3 is 17.9 Å². The first kappa shape index (κ1) is 23.6. The third-order valence-corrected chi connectivity index (χ3v) is 2.18. The molecule has 2 aromatic rings. The standard InChI is InChI=1S/C10H8.3C3H4O2/c1-2-6-10-8-4-3-7-9(10)5-1;3*1-2-3(4)5/h1-8H;3*2H,1H2,(H,4,5). The van der Waals surface area contributed by atoms with E-state index in [2.05, 4.69) is 68.3 Å². The van der Waals surface area contributed by atoms with Crippen LogP contribution in [-0.2, 0) is 14.4 Å². The van der Waals surface area contributed by atoms with Crippen LogP contribution in [0.5, 0.6) is 0 Å². The van der Waals surface area contributed by atoms with Crippen LogP contribution in [0.4, 0.5) is 0 Å². The van der Waals surface area contributed by atoms with Gasteiger partial charge in [-0.2, -0.15) is 0 Å². The van der Waals surface area contributed by atoms with E-state index in [1.807, 2.05) is 0 Å². The fraction of sp³-hybridized carbons (Fsp3) is 0. The molecule has 0 unspecified atom stereocenters. The lowest BCUT2D eigenvalue weighted by Crippen LogP contribution is -1.82. The molecule has 0 saturated carbocycles. The highest BCUT2D eigenvalue weighted by Gasteiger charge is 1.85. The van der Waals surface area contributed by atoms with Crippen LogP contribution in [0.25, 0.3) is 10.8 Å². The van der Waals surface area contributed by atoms with Gasteiger partial charge < -0.3 is 15.3 Å². The third-order valence-electron chi connectivity index (χ3n) is 2.18. The average Bonchev–Trinajstić information content (AvgIpc) is 2.63. The maximum Gasteiger partial charge on any atom is 0.327 e. The van der Waals surface area contributed by atoms with Crippen molar-refractivity contribution in [1.29, 1.82) is 0 Å². The molecule has 132 valence electrons. The van der Waals surface area contributed by atoms with Gasteiger partial charge in [0.25, 0.3) is 0 Å². The zero-order valence-electron chi connectivity index (χ0n) is 13.5. The van der Waals surface area contributed by atoms with Crippen LogP contribution in [0.3, 0.4) is 0 Å². The Kier molecular flexibility index (Phi) is 14.4. The van der Waals surface area contributed by atoms with Crippen molar-refractivity contribution in [3.63, 3.8) is 0 Å². The summed E-state index contributed by atoms with van der Waals surface area (Å²) in [6.07, 6.45) is 2.50. The van der Waals surface area contributed by atoms with E-state index < -0.39 is 17.9 Å². The number of aliphatic carboxylic acids is 3. The minimum Gasteiger partial charge on any atom is -0.478 e. The van der Waals surface area contributed by atoms with Crippen molar-refractivity contribution < 1.29 is 29.7 Å². The second-order valence-electron chi connectivity index (χ2n) is 3.97. The number of carbonyl (C=O) groups is 3. The number of rotatable bonds is 3. The zero-order chi connectivity index (χ0) is 19.7. The molecule has 0 heterocycles. The van der Waals surface area contributed by atoms with Gasteiger partial charge in [-0.05, 0) is 10.8 Å². The molecule has 0 fully saturated rings. The van der Waals surface area contributed by atoms with Crippen LogP contribution in [-0.4, -0.2) is 33.2 Å². The van der Waals surface area contributed by atoms with E-state index in [-0.39, 0.29) is 0 Å². The SMILES string of the molecule is C=CC(=O)O.C=CC(=O)O.C=CC(=O)O.c1ccc2ccccc2c1. The van der Waals surface area contributed by atoms with Crippen molar-refractivity contribution in [2.24, 2.45) is 0 Å². The van der Waals surface area contributed by atoms with E-state index in [1.165, 1.54) is 10.8 Å². The molecule has 0 aliphatic carbocycles. The zero-order valence-corrected chi connectivity index (χ0v) is 13.5. The number of benzene rings is 2. The molecule has 0 spiro atoms. The average molecular weight is 344 g/mol. The number of hydrogen-bond acceptors (Lipinski definition) is 3. The number of carboxylic acid groups (broad SMARTS) is 3. The van der Waals surface area contributed by atoms with E-state index in [0.29, 0.717) is 0 Å². The predicted molar refractivity (Wildman–Crippen MR) is 97.4 cm³/mol. The number of fused-ring (bicyclic) bond motifs is 1. The second-order valence-corrected chi connectivity index (χ2v) is 3.97. The molecule has 3 N–H and O–H groups in total. The van der Waals surface area contributed by atoms with E-state index in [0.717, 1.165) is 18.2 Å². The highest BCUT2D eigenvalue weighted by molar-refractivity contribution is 5.82. The Morgan fingerprint density at radius 3 is 0.880 bits per heavy atom. The normalized spacial score (nSPS) is 7.84. The quantitative estimate of drug-likeness (QED) is 0.733. The van der Waals surface area contributed by atoms with Crippen LogP contribution in [0.2, 0.25) is 0 Å². The van der Waals surface area contributed by atoms with Crippen molar-refractivity contribution in [3.05, 3.63) is 86.5 Å². The van der Waals surface area contributed by atoms with E-state index in [1.54, 1.807) is 0 Å². The Balaban J connectivity index is 0. The van der Waals surface area contributed by atoms with Gasteiger partial charge in [0.15, 0.2) is 0 Å². The molecular formula is C19H20O6. The van der Waals surface area contributed by atoms with Crippen LogP contribution in [0.15, 0.2) is 86.5 Å². The summed E-state index contributed by atoms with van der Waals surface area (Å²) in [5, 5.41) is 25.4. The highest BCUT2D eigenvalue weighted by Crippen LogP contribution is 2.11. The molecular weight excluding hydrogens is 324 g/mol. The number of hydrogen-bond donors (Lipinski definition) is 3. The Morgan fingerprint density at radius 2 is 0.760 bits per heavy atom. The summed E-state index contributed by atoms with van der Waals surface area (Å²) >= 11 is 0. The van der Waals surface area contributed by atoms with E-state index in [9.17, 15) is 14.4 Å². The first-order valence-electron chi connectivity index (χ1n) is 6.78. The fourth-order valence-corrected chi connectivity index (χ4v) is 1.13. The smallest absolute Gasteiger partial charge is 0.327 e. The topological polar surface area (TPSA) is 112 Å². The molecule has 25 heavy (non-hydrogen) atoms. The third kappa shape index (κ3) is 16.5. The fourth-order valence-electron chi connectivity index (χ4n) is 1.13. The van der Waals surface area contributed by atoms with Gasteiger partial charge in [-0.1, -0.05) is 68.3 Å². The Labute approximate surface area is 145 Å². The summed E-state index contributed by atoms with van der Waals surface area (Å²) in [4.78, 5) is 27.8. The summed E-state index contributed by atoms with van der Waals surface area (Å²) in [5.41, 5.74) is 0. The van der Waals surface area contributed by atoms with E-state index in [4.69, 9.17) is 15.3 Å². The largest absolute Gasteiger partial charge is 0.478 e. The monoisotopic (exact) mass is 344 g/mol. The van der Waals surface area contributed by atoms with Crippen molar-refractivity contribution in [2.75, 3.05) is 0 Å². The van der Waals surface area contributed by atoms with Crippen LogP contribution in [0, 0.1) is 0 Å². The summed E-state index contributed by atoms with van der Waals surface area (Å²) < 4.78 is 0. The lowest BCUT2D eigenvalue weighted by atomic mass is 10.1. The molecule has 0 radical (unpaired) electrons. The Hall–Kier alpha value is -3.67. The molecule has 0 aromatic heterocycles. The Bertz CT molecular complexity index is 610. The maximum atomic E-state index is 9.25. The van der Waals surface area contributed by atoms with Crippen molar-refractivity contribution in [2.45, 2.75) is 0 Å². The molecule has 6 heteroatoms. The molecule has 0 bridgehead atoms. The lowest BCUT2D eigenvalue weighted by molar-refractivity contribution is -0.132. The van der Waals surface area contributed by atoms with Gasteiger partial charge in [-0.3, -0.25) is 0 Å². The second kappa shape index (κ2) is 15.2. The Morgan fingerprint density at radius 1 is 0.600 bits per heavy atom. The van der Waals surface area contributed by atoms with Crippen LogP contribution in [0.1, 0.15) is 0 Å². The van der Waals surface area contributed by atoms with Gasteiger partial charge in [0.05, 0.1) is 0 Å². The molecule has 0 atom stereocenters. The van der Waals surface area contributed by atoms with Gasteiger partial charge in [0.2, 0.25) is 0 Å². The summed E-state index contributed by atoms with van der Waals surface area (Å²) in [6.45, 7) is 8.88. The molecule has 2 aromatic carbocycles. The minimum absolute atomic E-state index is 0.833. The van der Waals surface area contributed by atoms with Crippen molar-refractivity contribution in [1.82, 2.24) is 0 Å². The van der Waals surface area contributed by atoms with Gasteiger partial charge in [-0.15, -0.1) is 0 Å². The molecule has 6 nitrogen and oxygen atoms in total. The van der Waals surface area contributed by atoms with Crippen LogP contribution < -0.4 is 0 Å². The predicted octanol–water partition coefficient (Wildman–Crippen LogP) is 3.61. The highest BCUT2D eigenvalue weighted by atomic mass is 16.4. The molecule has 0 amide bonds. The molecule has 0 saturated heterocycles.